The Morgan fingerprint density at radius 1 is 1.47 bits per heavy atom. The predicted molar refractivity (Wildman–Crippen MR) is 55.7 cm³/mol. The lowest BCUT2D eigenvalue weighted by Gasteiger charge is -2.02. The van der Waals surface area contributed by atoms with Crippen LogP contribution < -0.4 is 5.56 Å². The summed E-state index contributed by atoms with van der Waals surface area (Å²) >= 11 is 0. The van der Waals surface area contributed by atoms with Gasteiger partial charge in [0.25, 0.3) is 5.56 Å². The molecule has 0 unspecified atom stereocenters. The summed E-state index contributed by atoms with van der Waals surface area (Å²) in [5.41, 5.74) is -0.0383. The molecule has 1 fully saturated rings. The SMILES string of the molecule is O=c1c2ccccc2cnn1C[C@@H]1CO1. The monoisotopic (exact) mass is 202 g/mol. The molecule has 0 amide bonds. The van der Waals surface area contributed by atoms with E-state index in [0.717, 1.165) is 12.0 Å². The molecule has 0 bridgehead atoms. The predicted octanol–water partition coefficient (Wildman–Crippen LogP) is 0.795. The molecule has 0 saturated carbocycles. The zero-order valence-electron chi connectivity index (χ0n) is 8.09. The van der Waals surface area contributed by atoms with E-state index in [9.17, 15) is 4.79 Å². The van der Waals surface area contributed by atoms with E-state index in [2.05, 4.69) is 5.10 Å². The van der Waals surface area contributed by atoms with Crippen molar-refractivity contribution in [2.75, 3.05) is 6.61 Å². The number of fused-ring (bicyclic) bond motifs is 1. The molecule has 1 aromatic heterocycles. The molecule has 1 saturated heterocycles. The molecule has 1 aromatic carbocycles. The van der Waals surface area contributed by atoms with E-state index in [0.29, 0.717) is 11.9 Å². The van der Waals surface area contributed by atoms with Gasteiger partial charge in [-0.1, -0.05) is 18.2 Å². The van der Waals surface area contributed by atoms with Crippen LogP contribution in [0.25, 0.3) is 10.8 Å². The zero-order chi connectivity index (χ0) is 10.3. The number of nitrogens with zero attached hydrogens (tertiary/aromatic N) is 2. The van der Waals surface area contributed by atoms with Crippen LogP contribution in [0.1, 0.15) is 0 Å². The highest BCUT2D eigenvalue weighted by molar-refractivity contribution is 5.80. The summed E-state index contributed by atoms with van der Waals surface area (Å²) in [6.07, 6.45) is 1.90. The average Bonchev–Trinajstić information content (AvgIpc) is 3.07. The fourth-order valence-electron chi connectivity index (χ4n) is 1.62. The normalized spacial score (nSPS) is 19.3. The summed E-state index contributed by atoms with van der Waals surface area (Å²) < 4.78 is 6.55. The highest BCUT2D eigenvalue weighted by atomic mass is 16.6. The molecular weight excluding hydrogens is 192 g/mol. The first-order valence-corrected chi connectivity index (χ1v) is 4.91. The largest absolute Gasteiger partial charge is 0.371 e. The Labute approximate surface area is 86.1 Å². The van der Waals surface area contributed by atoms with Gasteiger partial charge in [-0.15, -0.1) is 0 Å². The molecule has 0 aliphatic carbocycles. The highest BCUT2D eigenvalue weighted by Crippen LogP contribution is 2.11. The fraction of sp³-hybridized carbons (Fsp3) is 0.273. The van der Waals surface area contributed by atoms with Crippen molar-refractivity contribution in [3.8, 4) is 0 Å². The van der Waals surface area contributed by atoms with Crippen molar-refractivity contribution < 1.29 is 4.74 Å². The molecule has 0 radical (unpaired) electrons. The topological polar surface area (TPSA) is 47.4 Å². The van der Waals surface area contributed by atoms with Crippen molar-refractivity contribution in [3.05, 3.63) is 40.8 Å². The number of hydrogen-bond donors (Lipinski definition) is 0. The molecule has 4 heteroatoms. The van der Waals surface area contributed by atoms with Gasteiger partial charge >= 0.3 is 0 Å². The van der Waals surface area contributed by atoms with E-state index < -0.39 is 0 Å². The van der Waals surface area contributed by atoms with Crippen molar-refractivity contribution in [2.24, 2.45) is 0 Å². The Bertz CT molecular complexity index is 558. The Morgan fingerprint density at radius 3 is 3.07 bits per heavy atom. The van der Waals surface area contributed by atoms with Crippen molar-refractivity contribution in [2.45, 2.75) is 12.6 Å². The first kappa shape index (κ1) is 8.61. The number of aromatic nitrogens is 2. The Morgan fingerprint density at radius 2 is 2.27 bits per heavy atom. The molecule has 4 nitrogen and oxygen atoms in total. The van der Waals surface area contributed by atoms with Crippen molar-refractivity contribution in [1.29, 1.82) is 0 Å². The summed E-state index contributed by atoms with van der Waals surface area (Å²) in [6, 6.07) is 7.48. The van der Waals surface area contributed by atoms with Crippen LogP contribution in [-0.2, 0) is 11.3 Å². The summed E-state index contributed by atoms with van der Waals surface area (Å²) in [5, 5.41) is 5.71. The molecule has 1 aliphatic rings. The molecule has 1 aliphatic heterocycles. The van der Waals surface area contributed by atoms with E-state index in [1.165, 1.54) is 4.68 Å². The lowest BCUT2D eigenvalue weighted by atomic mass is 10.2. The maximum atomic E-state index is 11.9. The van der Waals surface area contributed by atoms with Gasteiger partial charge in [-0.3, -0.25) is 4.79 Å². The highest BCUT2D eigenvalue weighted by Gasteiger charge is 2.23. The first-order chi connectivity index (χ1) is 7.34. The minimum Gasteiger partial charge on any atom is -0.371 e. The summed E-state index contributed by atoms with van der Waals surface area (Å²) in [5.74, 6) is 0. The molecule has 0 spiro atoms. The number of rotatable bonds is 2. The van der Waals surface area contributed by atoms with E-state index in [1.807, 2.05) is 24.3 Å². The van der Waals surface area contributed by atoms with Gasteiger partial charge in [-0.25, -0.2) is 4.68 Å². The molecule has 76 valence electrons. The minimum atomic E-state index is -0.0383. The third-order valence-corrected chi connectivity index (χ3v) is 2.54. The third kappa shape index (κ3) is 1.53. The van der Waals surface area contributed by atoms with Crippen LogP contribution >= 0.6 is 0 Å². The van der Waals surface area contributed by atoms with Crippen LogP contribution in [0.15, 0.2) is 35.3 Å². The van der Waals surface area contributed by atoms with E-state index in [1.54, 1.807) is 6.20 Å². The Hall–Kier alpha value is -1.68. The third-order valence-electron chi connectivity index (χ3n) is 2.54. The van der Waals surface area contributed by atoms with Gasteiger partial charge in [0.05, 0.1) is 24.7 Å². The zero-order valence-corrected chi connectivity index (χ0v) is 8.09. The van der Waals surface area contributed by atoms with Gasteiger partial charge < -0.3 is 4.74 Å². The second kappa shape index (κ2) is 3.17. The molecule has 15 heavy (non-hydrogen) atoms. The van der Waals surface area contributed by atoms with E-state index in [-0.39, 0.29) is 11.7 Å². The number of hydrogen-bond acceptors (Lipinski definition) is 3. The standard InChI is InChI=1S/C11H10N2O2/c14-11-10-4-2-1-3-8(10)5-12-13(11)6-9-7-15-9/h1-5,9H,6-7H2/t9-/m1/s1. The molecule has 1 atom stereocenters. The number of epoxide rings is 1. The van der Waals surface area contributed by atoms with Crippen molar-refractivity contribution in [1.82, 2.24) is 9.78 Å². The van der Waals surface area contributed by atoms with Gasteiger partial charge in [0.15, 0.2) is 0 Å². The van der Waals surface area contributed by atoms with Crippen LogP contribution in [0.3, 0.4) is 0 Å². The molecule has 2 heterocycles. The van der Waals surface area contributed by atoms with Crippen LogP contribution in [0, 0.1) is 0 Å². The first-order valence-electron chi connectivity index (χ1n) is 4.91. The van der Waals surface area contributed by atoms with Crippen LogP contribution in [0.2, 0.25) is 0 Å². The Kier molecular flexibility index (Phi) is 1.82. The molecule has 0 N–H and O–H groups in total. The number of benzene rings is 1. The fourth-order valence-corrected chi connectivity index (χ4v) is 1.62. The van der Waals surface area contributed by atoms with Crippen LogP contribution in [0.5, 0.6) is 0 Å². The van der Waals surface area contributed by atoms with E-state index >= 15 is 0 Å². The van der Waals surface area contributed by atoms with E-state index in [4.69, 9.17) is 4.74 Å². The molecule has 3 rings (SSSR count). The smallest absolute Gasteiger partial charge is 0.274 e. The summed E-state index contributed by atoms with van der Waals surface area (Å²) in [7, 11) is 0. The van der Waals surface area contributed by atoms with Crippen LogP contribution in [-0.4, -0.2) is 22.5 Å². The minimum absolute atomic E-state index is 0.0383. The summed E-state index contributed by atoms with van der Waals surface area (Å²) in [4.78, 5) is 11.9. The van der Waals surface area contributed by atoms with Gasteiger partial charge in [0.1, 0.15) is 6.10 Å². The number of ether oxygens (including phenoxy) is 1. The van der Waals surface area contributed by atoms with Crippen molar-refractivity contribution in [3.63, 3.8) is 0 Å². The van der Waals surface area contributed by atoms with Gasteiger partial charge in [0, 0.05) is 5.39 Å². The molecular formula is C11H10N2O2. The Balaban J connectivity index is 2.15. The maximum absolute atomic E-state index is 11.9. The lowest BCUT2D eigenvalue weighted by molar-refractivity contribution is 0.369. The second-order valence-electron chi connectivity index (χ2n) is 3.67. The van der Waals surface area contributed by atoms with Gasteiger partial charge in [-0.05, 0) is 6.07 Å². The average molecular weight is 202 g/mol. The van der Waals surface area contributed by atoms with Gasteiger partial charge in [-0.2, -0.15) is 5.10 Å². The van der Waals surface area contributed by atoms with Crippen LogP contribution in [0.4, 0.5) is 0 Å². The van der Waals surface area contributed by atoms with Crippen molar-refractivity contribution >= 4 is 10.8 Å². The summed E-state index contributed by atoms with van der Waals surface area (Å²) in [6.45, 7) is 1.30. The van der Waals surface area contributed by atoms with Gasteiger partial charge in [0.2, 0.25) is 0 Å². The maximum Gasteiger partial charge on any atom is 0.274 e. The lowest BCUT2D eigenvalue weighted by Crippen LogP contribution is -2.24. The second-order valence-corrected chi connectivity index (χ2v) is 3.67. The quantitative estimate of drug-likeness (QED) is 0.676. The molecule has 2 aromatic rings.